The summed E-state index contributed by atoms with van der Waals surface area (Å²) in [5.41, 5.74) is 2.29. The number of carbonyl (C=O) groups excluding carboxylic acids is 2. The summed E-state index contributed by atoms with van der Waals surface area (Å²) >= 11 is 0. The van der Waals surface area contributed by atoms with Crippen molar-refractivity contribution in [2.24, 2.45) is 0 Å². The Morgan fingerprint density at radius 1 is 1.38 bits per heavy atom. The molecule has 0 saturated carbocycles. The summed E-state index contributed by atoms with van der Waals surface area (Å²) < 4.78 is 5.64. The Morgan fingerprint density at radius 2 is 2.29 bits per heavy atom. The summed E-state index contributed by atoms with van der Waals surface area (Å²) in [7, 11) is 0. The van der Waals surface area contributed by atoms with Gasteiger partial charge in [0, 0.05) is 24.4 Å². The first-order chi connectivity index (χ1) is 10.2. The molecule has 0 spiro atoms. The molecule has 2 aliphatic heterocycles. The SMILES string of the molecule is O=C1Cc2ccc(C(=O)NCCC3CCCCO3)cc2N1. The lowest BCUT2D eigenvalue weighted by atomic mass is 10.1. The second-order valence-electron chi connectivity index (χ2n) is 5.63. The van der Waals surface area contributed by atoms with Gasteiger partial charge in [-0.3, -0.25) is 9.59 Å². The minimum Gasteiger partial charge on any atom is -0.378 e. The molecule has 0 bridgehead atoms. The van der Waals surface area contributed by atoms with Crippen molar-refractivity contribution in [3.05, 3.63) is 29.3 Å². The molecule has 3 rings (SSSR count). The molecule has 1 unspecified atom stereocenters. The monoisotopic (exact) mass is 288 g/mol. The van der Waals surface area contributed by atoms with Crippen LogP contribution in [0.3, 0.4) is 0 Å². The van der Waals surface area contributed by atoms with Gasteiger partial charge in [-0.25, -0.2) is 0 Å². The first-order valence-electron chi connectivity index (χ1n) is 7.55. The maximum absolute atomic E-state index is 12.1. The van der Waals surface area contributed by atoms with E-state index in [-0.39, 0.29) is 17.9 Å². The lowest BCUT2D eigenvalue weighted by Gasteiger charge is -2.22. The minimum atomic E-state index is -0.102. The van der Waals surface area contributed by atoms with E-state index in [0.717, 1.165) is 37.1 Å². The Kier molecular flexibility index (Phi) is 4.20. The van der Waals surface area contributed by atoms with Gasteiger partial charge >= 0.3 is 0 Å². The molecule has 2 aliphatic rings. The number of anilines is 1. The van der Waals surface area contributed by atoms with E-state index < -0.39 is 0 Å². The molecule has 112 valence electrons. The van der Waals surface area contributed by atoms with Crippen LogP contribution >= 0.6 is 0 Å². The highest BCUT2D eigenvalue weighted by molar-refractivity contribution is 6.02. The molecule has 5 nitrogen and oxygen atoms in total. The molecular weight excluding hydrogens is 268 g/mol. The molecule has 5 heteroatoms. The number of rotatable bonds is 4. The predicted molar refractivity (Wildman–Crippen MR) is 79.3 cm³/mol. The van der Waals surface area contributed by atoms with E-state index in [9.17, 15) is 9.59 Å². The number of fused-ring (bicyclic) bond motifs is 1. The molecule has 2 heterocycles. The van der Waals surface area contributed by atoms with Crippen molar-refractivity contribution in [2.75, 3.05) is 18.5 Å². The van der Waals surface area contributed by atoms with Gasteiger partial charge in [0.25, 0.3) is 5.91 Å². The molecule has 1 saturated heterocycles. The Balaban J connectivity index is 1.51. The third-order valence-electron chi connectivity index (χ3n) is 4.02. The van der Waals surface area contributed by atoms with Crippen LogP contribution < -0.4 is 10.6 Å². The standard InChI is InChI=1S/C16H20N2O3/c19-15-10-11-4-5-12(9-14(11)18-15)16(20)17-7-6-13-3-1-2-8-21-13/h4-5,9,13H,1-3,6-8,10H2,(H,17,20)(H,18,19). The van der Waals surface area contributed by atoms with Gasteiger partial charge in [-0.15, -0.1) is 0 Å². The number of benzene rings is 1. The van der Waals surface area contributed by atoms with Crippen molar-refractivity contribution in [1.82, 2.24) is 5.32 Å². The van der Waals surface area contributed by atoms with E-state index in [4.69, 9.17) is 4.74 Å². The van der Waals surface area contributed by atoms with Gasteiger partial charge in [0.15, 0.2) is 0 Å². The van der Waals surface area contributed by atoms with Gasteiger partial charge in [-0.1, -0.05) is 6.07 Å². The van der Waals surface area contributed by atoms with Gasteiger partial charge in [0.2, 0.25) is 5.91 Å². The third-order valence-corrected chi connectivity index (χ3v) is 4.02. The van der Waals surface area contributed by atoms with Crippen LogP contribution in [0, 0.1) is 0 Å². The van der Waals surface area contributed by atoms with Crippen LogP contribution in [-0.4, -0.2) is 31.1 Å². The van der Waals surface area contributed by atoms with E-state index >= 15 is 0 Å². The lowest BCUT2D eigenvalue weighted by molar-refractivity contribution is -0.115. The van der Waals surface area contributed by atoms with Crippen LogP contribution in [0.5, 0.6) is 0 Å². The molecule has 2 amide bonds. The quantitative estimate of drug-likeness (QED) is 0.889. The van der Waals surface area contributed by atoms with Gasteiger partial charge in [0.05, 0.1) is 12.5 Å². The average molecular weight is 288 g/mol. The third kappa shape index (κ3) is 3.42. The fourth-order valence-corrected chi connectivity index (χ4v) is 2.84. The van der Waals surface area contributed by atoms with Crippen LogP contribution in [0.1, 0.15) is 41.6 Å². The average Bonchev–Trinajstić information content (AvgIpc) is 2.87. The fraction of sp³-hybridized carbons (Fsp3) is 0.500. The molecule has 1 fully saturated rings. The Morgan fingerprint density at radius 3 is 3.10 bits per heavy atom. The number of amides is 2. The second kappa shape index (κ2) is 6.26. The maximum atomic E-state index is 12.1. The molecular formula is C16H20N2O3. The van der Waals surface area contributed by atoms with E-state index in [0.29, 0.717) is 18.5 Å². The number of carbonyl (C=O) groups is 2. The molecule has 1 atom stereocenters. The molecule has 2 N–H and O–H groups in total. The number of hydrogen-bond acceptors (Lipinski definition) is 3. The molecule has 21 heavy (non-hydrogen) atoms. The molecule has 1 aromatic carbocycles. The second-order valence-corrected chi connectivity index (χ2v) is 5.63. The van der Waals surface area contributed by atoms with Gasteiger partial charge in [-0.05, 0) is 43.4 Å². The van der Waals surface area contributed by atoms with Crippen molar-refractivity contribution in [3.8, 4) is 0 Å². The van der Waals surface area contributed by atoms with Crippen molar-refractivity contribution in [3.63, 3.8) is 0 Å². The van der Waals surface area contributed by atoms with Crippen LogP contribution in [-0.2, 0) is 16.0 Å². The highest BCUT2D eigenvalue weighted by Crippen LogP contribution is 2.24. The lowest BCUT2D eigenvalue weighted by Crippen LogP contribution is -2.29. The zero-order valence-electron chi connectivity index (χ0n) is 12.0. The van der Waals surface area contributed by atoms with E-state index in [1.165, 1.54) is 6.42 Å². The largest absolute Gasteiger partial charge is 0.378 e. The normalized spacial score (nSPS) is 20.8. The first-order valence-corrected chi connectivity index (χ1v) is 7.55. The number of ether oxygens (including phenoxy) is 1. The summed E-state index contributed by atoms with van der Waals surface area (Å²) in [6, 6.07) is 5.35. The van der Waals surface area contributed by atoms with E-state index in [1.807, 2.05) is 6.07 Å². The predicted octanol–water partition coefficient (Wildman–Crippen LogP) is 1.87. The van der Waals surface area contributed by atoms with Crippen molar-refractivity contribution in [2.45, 2.75) is 38.2 Å². The molecule has 1 aromatic rings. The van der Waals surface area contributed by atoms with E-state index in [2.05, 4.69) is 10.6 Å². The Bertz CT molecular complexity index is 550. The molecule has 0 aliphatic carbocycles. The van der Waals surface area contributed by atoms with Gasteiger partial charge < -0.3 is 15.4 Å². The smallest absolute Gasteiger partial charge is 0.251 e. The van der Waals surface area contributed by atoms with Gasteiger partial charge in [-0.2, -0.15) is 0 Å². The van der Waals surface area contributed by atoms with Crippen LogP contribution in [0.4, 0.5) is 5.69 Å². The number of nitrogens with one attached hydrogen (secondary N) is 2. The van der Waals surface area contributed by atoms with Crippen LogP contribution in [0.2, 0.25) is 0 Å². The van der Waals surface area contributed by atoms with Crippen molar-refractivity contribution >= 4 is 17.5 Å². The summed E-state index contributed by atoms with van der Waals surface area (Å²) in [6.45, 7) is 1.45. The van der Waals surface area contributed by atoms with Crippen LogP contribution in [0.25, 0.3) is 0 Å². The highest BCUT2D eigenvalue weighted by Gasteiger charge is 2.19. The number of hydrogen-bond donors (Lipinski definition) is 2. The first kappa shape index (κ1) is 14.1. The molecule has 0 radical (unpaired) electrons. The maximum Gasteiger partial charge on any atom is 0.251 e. The summed E-state index contributed by atoms with van der Waals surface area (Å²) in [5.74, 6) is -0.119. The topological polar surface area (TPSA) is 67.4 Å². The minimum absolute atomic E-state index is 0.0167. The highest BCUT2D eigenvalue weighted by atomic mass is 16.5. The van der Waals surface area contributed by atoms with Gasteiger partial charge in [0.1, 0.15) is 0 Å². The Hall–Kier alpha value is -1.88. The molecule has 0 aromatic heterocycles. The summed E-state index contributed by atoms with van der Waals surface area (Å²) in [4.78, 5) is 23.4. The summed E-state index contributed by atoms with van der Waals surface area (Å²) in [5, 5.41) is 5.68. The Labute approximate surface area is 124 Å². The van der Waals surface area contributed by atoms with Crippen molar-refractivity contribution in [1.29, 1.82) is 0 Å². The zero-order chi connectivity index (χ0) is 14.7. The van der Waals surface area contributed by atoms with Crippen LogP contribution in [0.15, 0.2) is 18.2 Å². The van der Waals surface area contributed by atoms with Crippen molar-refractivity contribution < 1.29 is 14.3 Å². The van der Waals surface area contributed by atoms with E-state index in [1.54, 1.807) is 12.1 Å². The summed E-state index contributed by atoms with van der Waals surface area (Å²) in [6.07, 6.45) is 4.97. The zero-order valence-corrected chi connectivity index (χ0v) is 12.0. The fourth-order valence-electron chi connectivity index (χ4n) is 2.84.